The number of nitrogens with zero attached hydrogens (tertiary/aromatic N) is 5. The van der Waals surface area contributed by atoms with Crippen LogP contribution in [0.2, 0.25) is 0 Å². The zero-order valence-corrected chi connectivity index (χ0v) is 18.8. The number of aromatic nitrogens is 2. The molecule has 1 atom stereocenters. The molecule has 2 aliphatic heterocycles. The summed E-state index contributed by atoms with van der Waals surface area (Å²) in [7, 11) is 0. The molecule has 0 saturated carbocycles. The second-order valence-electron chi connectivity index (χ2n) is 7.41. The van der Waals surface area contributed by atoms with Crippen LogP contribution in [-0.2, 0) is 14.4 Å². The Morgan fingerprint density at radius 1 is 1.24 bits per heavy atom. The fourth-order valence-corrected chi connectivity index (χ4v) is 3.96. The summed E-state index contributed by atoms with van der Waals surface area (Å²) in [4.78, 5) is 43.5. The lowest BCUT2D eigenvalue weighted by atomic mass is 10.2. The number of hydrogen-bond donors (Lipinski definition) is 2. The number of hydrogen-bond acceptors (Lipinski definition) is 9. The maximum absolute atomic E-state index is 15.0. The number of carbonyl (C=O) groups is 3. The quantitative estimate of drug-likeness (QED) is 0.637. The number of urea groups is 1. The topological polar surface area (TPSA) is 129 Å². The van der Waals surface area contributed by atoms with Crippen LogP contribution in [0.1, 0.15) is 6.92 Å². The van der Waals surface area contributed by atoms with Gasteiger partial charge in [0.25, 0.3) is 0 Å². The molecule has 2 aromatic rings. The van der Waals surface area contributed by atoms with Crippen LogP contribution in [0.3, 0.4) is 0 Å². The first kappa shape index (κ1) is 23.6. The molecule has 4 amide bonds. The summed E-state index contributed by atoms with van der Waals surface area (Å²) in [5, 5.41) is 13.8. The van der Waals surface area contributed by atoms with E-state index in [2.05, 4.69) is 20.8 Å². The van der Waals surface area contributed by atoms with E-state index >= 15 is 8.78 Å². The summed E-state index contributed by atoms with van der Waals surface area (Å²) >= 11 is 1.14. The van der Waals surface area contributed by atoms with Crippen LogP contribution in [0.25, 0.3) is 0 Å². The maximum Gasteiger partial charge on any atom is 0.414 e. The lowest BCUT2D eigenvalue weighted by molar-refractivity contribution is -0.119. The summed E-state index contributed by atoms with van der Waals surface area (Å²) in [6.07, 6.45) is -1.40. The van der Waals surface area contributed by atoms with Crippen LogP contribution in [0.4, 0.5) is 34.9 Å². The van der Waals surface area contributed by atoms with E-state index in [1.54, 1.807) is 0 Å². The van der Waals surface area contributed by atoms with E-state index in [1.165, 1.54) is 17.3 Å². The lowest BCUT2D eigenvalue weighted by Gasteiger charge is -2.24. The SMILES string of the molecule is CC(=O)NC[C@H]1CN(c2cc(F)c(N3CCON(C(=O)Nc4nncs4)CC3)c(F)c2)C(=O)O1. The van der Waals surface area contributed by atoms with Crippen molar-refractivity contribution in [1.29, 1.82) is 0 Å². The largest absolute Gasteiger partial charge is 0.442 e. The molecule has 34 heavy (non-hydrogen) atoms. The van der Waals surface area contributed by atoms with Crippen LogP contribution in [0, 0.1) is 11.6 Å². The monoisotopic (exact) mass is 497 g/mol. The molecule has 2 aliphatic rings. The van der Waals surface area contributed by atoms with Crippen molar-refractivity contribution in [2.75, 3.05) is 54.4 Å². The third-order valence-corrected chi connectivity index (χ3v) is 5.67. The zero-order valence-electron chi connectivity index (χ0n) is 18.0. The minimum Gasteiger partial charge on any atom is -0.442 e. The normalized spacial score (nSPS) is 18.5. The Hall–Kier alpha value is -3.59. The molecular weight excluding hydrogens is 476 g/mol. The molecular formula is C19H21F2N7O5S. The molecule has 15 heteroatoms. The van der Waals surface area contributed by atoms with Gasteiger partial charge in [-0.1, -0.05) is 11.3 Å². The fraction of sp³-hybridized carbons (Fsp3) is 0.421. The second-order valence-corrected chi connectivity index (χ2v) is 8.24. The first-order valence-electron chi connectivity index (χ1n) is 10.3. The Morgan fingerprint density at radius 2 is 2.00 bits per heavy atom. The predicted molar refractivity (Wildman–Crippen MR) is 116 cm³/mol. The van der Waals surface area contributed by atoms with Gasteiger partial charge in [0, 0.05) is 32.1 Å². The maximum atomic E-state index is 15.0. The van der Waals surface area contributed by atoms with Gasteiger partial charge in [-0.15, -0.1) is 10.2 Å². The Labute approximate surface area is 196 Å². The van der Waals surface area contributed by atoms with Crippen LogP contribution >= 0.6 is 11.3 Å². The number of nitrogens with one attached hydrogen (secondary N) is 2. The zero-order chi connectivity index (χ0) is 24.2. The molecule has 1 aromatic carbocycles. The van der Waals surface area contributed by atoms with Gasteiger partial charge in [-0.25, -0.2) is 23.4 Å². The third-order valence-electron chi connectivity index (χ3n) is 5.06. The highest BCUT2D eigenvalue weighted by Crippen LogP contribution is 2.31. The average Bonchev–Trinajstić information content (AvgIpc) is 3.35. The van der Waals surface area contributed by atoms with Crippen LogP contribution in [-0.4, -0.2) is 78.7 Å². The lowest BCUT2D eigenvalue weighted by Crippen LogP contribution is -2.37. The van der Waals surface area contributed by atoms with E-state index < -0.39 is 29.9 Å². The first-order valence-corrected chi connectivity index (χ1v) is 11.1. The van der Waals surface area contributed by atoms with E-state index in [0.717, 1.165) is 33.4 Å². The number of rotatable bonds is 5. The van der Waals surface area contributed by atoms with Crippen molar-refractivity contribution in [2.45, 2.75) is 13.0 Å². The number of hydroxylamine groups is 2. The number of benzene rings is 1. The summed E-state index contributed by atoms with van der Waals surface area (Å²) in [5.74, 6) is -2.03. The van der Waals surface area contributed by atoms with Crippen molar-refractivity contribution in [3.63, 3.8) is 0 Å². The van der Waals surface area contributed by atoms with Gasteiger partial charge in [-0.3, -0.25) is 19.8 Å². The molecule has 0 bridgehead atoms. The number of amides is 4. The average molecular weight is 497 g/mol. The number of anilines is 3. The minimum absolute atomic E-state index is 0.00166. The Morgan fingerprint density at radius 3 is 2.68 bits per heavy atom. The van der Waals surface area contributed by atoms with Gasteiger partial charge < -0.3 is 15.0 Å². The van der Waals surface area contributed by atoms with Gasteiger partial charge >= 0.3 is 12.1 Å². The fourth-order valence-electron chi connectivity index (χ4n) is 3.52. The molecule has 12 nitrogen and oxygen atoms in total. The van der Waals surface area contributed by atoms with Crippen LogP contribution in [0.5, 0.6) is 0 Å². The molecule has 3 heterocycles. The number of carbonyl (C=O) groups excluding carboxylic acids is 3. The van der Waals surface area contributed by atoms with Gasteiger partial charge in [0.2, 0.25) is 11.0 Å². The Kier molecular flexibility index (Phi) is 7.02. The van der Waals surface area contributed by atoms with E-state index in [4.69, 9.17) is 9.57 Å². The molecule has 2 N–H and O–H groups in total. The molecule has 1 aromatic heterocycles. The van der Waals surface area contributed by atoms with Crippen molar-refractivity contribution < 1.29 is 32.7 Å². The first-order chi connectivity index (χ1) is 16.3. The number of halogens is 2. The highest BCUT2D eigenvalue weighted by Gasteiger charge is 2.34. The van der Waals surface area contributed by atoms with Crippen molar-refractivity contribution in [3.05, 3.63) is 29.3 Å². The summed E-state index contributed by atoms with van der Waals surface area (Å²) in [6.45, 7) is 1.73. The predicted octanol–water partition coefficient (Wildman–Crippen LogP) is 1.56. The molecule has 2 fully saturated rings. The molecule has 0 spiro atoms. The van der Waals surface area contributed by atoms with Crippen molar-refractivity contribution in [2.24, 2.45) is 0 Å². The van der Waals surface area contributed by atoms with Crippen LogP contribution in [0.15, 0.2) is 17.6 Å². The van der Waals surface area contributed by atoms with Gasteiger partial charge in [-0.05, 0) is 0 Å². The summed E-state index contributed by atoms with van der Waals surface area (Å²) in [5.41, 5.74) is 1.17. The van der Waals surface area contributed by atoms with E-state index in [1.807, 2.05) is 0 Å². The highest BCUT2D eigenvalue weighted by molar-refractivity contribution is 7.13. The second kappa shape index (κ2) is 10.1. The molecule has 2 saturated heterocycles. The van der Waals surface area contributed by atoms with Gasteiger partial charge in [0.15, 0.2) is 11.6 Å². The Bertz CT molecular complexity index is 1050. The van der Waals surface area contributed by atoms with E-state index in [9.17, 15) is 14.4 Å². The summed E-state index contributed by atoms with van der Waals surface area (Å²) in [6, 6.07) is 1.52. The van der Waals surface area contributed by atoms with Crippen molar-refractivity contribution >= 4 is 45.9 Å². The molecule has 0 unspecified atom stereocenters. The van der Waals surface area contributed by atoms with Gasteiger partial charge in [-0.2, -0.15) is 0 Å². The van der Waals surface area contributed by atoms with Gasteiger partial charge in [0.05, 0.1) is 31.9 Å². The smallest absolute Gasteiger partial charge is 0.414 e. The molecule has 4 rings (SSSR count). The van der Waals surface area contributed by atoms with Crippen molar-refractivity contribution in [1.82, 2.24) is 20.6 Å². The molecule has 0 aliphatic carbocycles. The van der Waals surface area contributed by atoms with Crippen LogP contribution < -0.4 is 20.4 Å². The minimum atomic E-state index is -0.875. The number of ether oxygens (including phenoxy) is 1. The Balaban J connectivity index is 1.42. The molecule has 0 radical (unpaired) electrons. The molecule has 182 valence electrons. The van der Waals surface area contributed by atoms with Crippen molar-refractivity contribution in [3.8, 4) is 0 Å². The van der Waals surface area contributed by atoms with E-state index in [-0.39, 0.29) is 56.6 Å². The summed E-state index contributed by atoms with van der Waals surface area (Å²) < 4.78 is 35.1. The standard InChI is InChI=1S/C19H21F2N7O5S/c1-11(29)22-8-13-9-27(19(31)33-13)12-6-14(20)16(15(21)7-12)26-2-3-28(32-5-4-26)18(30)24-17-25-23-10-34-17/h6-7,10,13H,2-5,8-9H2,1H3,(H,22,29)(H,24,25,30)/t13-/m0/s1. The van der Waals surface area contributed by atoms with Gasteiger partial charge in [0.1, 0.15) is 17.3 Å². The highest BCUT2D eigenvalue weighted by atomic mass is 32.1. The number of cyclic esters (lactones) is 1. The van der Waals surface area contributed by atoms with E-state index in [0.29, 0.717) is 5.13 Å². The third kappa shape index (κ3) is 5.31.